The molecule has 22 heavy (non-hydrogen) atoms. The van der Waals surface area contributed by atoms with E-state index in [2.05, 4.69) is 74.5 Å². The van der Waals surface area contributed by atoms with E-state index in [0.29, 0.717) is 11.8 Å². The summed E-state index contributed by atoms with van der Waals surface area (Å²) in [5, 5.41) is 10.8. The molecule has 0 radical (unpaired) electrons. The van der Waals surface area contributed by atoms with Gasteiger partial charge in [0.1, 0.15) is 0 Å². The van der Waals surface area contributed by atoms with Gasteiger partial charge in [-0.25, -0.2) is 20.4 Å². The Kier molecular flexibility index (Phi) is 10.5. The van der Waals surface area contributed by atoms with E-state index in [1.54, 1.807) is 0 Å². The molecule has 4 heteroatoms. The summed E-state index contributed by atoms with van der Waals surface area (Å²) in [5.74, 6) is 1.12. The number of benzene rings is 2. The number of hydrogen-bond acceptors (Lipinski definition) is 4. The Bertz CT molecular complexity index is 529. The summed E-state index contributed by atoms with van der Waals surface area (Å²) in [5.41, 5.74) is 2.83. The van der Waals surface area contributed by atoms with Crippen LogP contribution in [-0.4, -0.2) is 12.2 Å². The molecule has 0 fully saturated rings. The number of rotatable bonds is 3. The first kappa shape index (κ1) is 19.2. The maximum atomic E-state index is 8.35. The largest absolute Gasteiger partial charge is 0.231 e. The smallest absolute Gasteiger partial charge is 0.222 e. The lowest BCUT2D eigenvalue weighted by molar-refractivity contribution is 0.562. The van der Waals surface area contributed by atoms with Crippen molar-refractivity contribution in [3.05, 3.63) is 71.8 Å². The second-order valence-corrected chi connectivity index (χ2v) is 4.60. The molecule has 2 unspecified atom stereocenters. The van der Waals surface area contributed by atoms with E-state index in [-0.39, 0.29) is 0 Å². The van der Waals surface area contributed by atoms with Crippen LogP contribution in [0.3, 0.4) is 0 Å². The van der Waals surface area contributed by atoms with Crippen molar-refractivity contribution in [1.82, 2.24) is 0 Å². The molecule has 2 N–H and O–H groups in total. The molecule has 0 saturated carbocycles. The molecule has 0 saturated heterocycles. The van der Waals surface area contributed by atoms with Crippen molar-refractivity contribution in [2.24, 2.45) is 0 Å². The average Bonchev–Trinajstić information content (AvgIpc) is 2.56. The topological polar surface area (TPSA) is 81.8 Å². The van der Waals surface area contributed by atoms with Gasteiger partial charge in [0.25, 0.3) is 0 Å². The third kappa shape index (κ3) is 7.11. The predicted octanol–water partition coefficient (Wildman–Crippen LogP) is 4.40. The van der Waals surface area contributed by atoms with Crippen LogP contribution in [0.15, 0.2) is 60.7 Å². The predicted molar refractivity (Wildman–Crippen MR) is 86.5 cm³/mol. The van der Waals surface area contributed by atoms with E-state index in [4.69, 9.17) is 20.4 Å². The Morgan fingerprint density at radius 2 is 0.909 bits per heavy atom. The van der Waals surface area contributed by atoms with Gasteiger partial charge in [0.15, 0.2) is 0 Å². The molecule has 0 bridgehead atoms. The molecule has 4 nitrogen and oxygen atoms in total. The summed E-state index contributed by atoms with van der Waals surface area (Å²) in [6.07, 6.45) is 1.50. The molecule has 114 valence electrons. The van der Waals surface area contributed by atoms with Crippen LogP contribution in [0.4, 0.5) is 0 Å². The van der Waals surface area contributed by atoms with Crippen molar-refractivity contribution in [3.8, 4) is 0 Å². The molecular formula is C18H20N2O2. The molecule has 2 aromatic carbocycles. The molecule has 0 aliphatic rings. The number of nitrogens with one attached hydrogen (secondary N) is 2. The molecular weight excluding hydrogens is 276 g/mol. The van der Waals surface area contributed by atoms with Crippen molar-refractivity contribution in [3.63, 3.8) is 0 Å². The Morgan fingerprint density at radius 1 is 0.682 bits per heavy atom. The standard InChI is InChI=1S/C16H18.2CHNO/c1-13(15-9-5-3-6-10-15)14(2)16-11-7-4-8-12-16;2*2-1-3/h3-14H,1-2H3;2*2H. The highest BCUT2D eigenvalue weighted by Crippen LogP contribution is 2.31. The number of isocyanates is 2. The molecule has 2 rings (SSSR count). The zero-order chi connectivity index (χ0) is 16.8. The van der Waals surface area contributed by atoms with E-state index < -0.39 is 0 Å². The fourth-order valence-electron chi connectivity index (χ4n) is 2.09. The van der Waals surface area contributed by atoms with Gasteiger partial charge in [-0.1, -0.05) is 74.5 Å². The van der Waals surface area contributed by atoms with Crippen molar-refractivity contribution >= 4 is 12.2 Å². The highest BCUT2D eigenvalue weighted by Gasteiger charge is 2.15. The summed E-state index contributed by atoms with van der Waals surface area (Å²) >= 11 is 0. The molecule has 0 aliphatic heterocycles. The normalized spacial score (nSPS) is 11.2. The van der Waals surface area contributed by atoms with E-state index >= 15 is 0 Å². The van der Waals surface area contributed by atoms with Crippen LogP contribution >= 0.6 is 0 Å². The highest BCUT2D eigenvalue weighted by atomic mass is 16.1. The molecule has 0 amide bonds. The monoisotopic (exact) mass is 296 g/mol. The summed E-state index contributed by atoms with van der Waals surface area (Å²) in [6, 6.07) is 21.5. The quantitative estimate of drug-likeness (QED) is 0.650. The lowest BCUT2D eigenvalue weighted by Crippen LogP contribution is -2.04. The minimum absolute atomic E-state index is 0.559. The van der Waals surface area contributed by atoms with Crippen LogP contribution < -0.4 is 0 Å². The fraction of sp³-hybridized carbons (Fsp3) is 0.222. The van der Waals surface area contributed by atoms with E-state index in [1.807, 2.05) is 0 Å². The Hall–Kier alpha value is -2.80. The third-order valence-electron chi connectivity index (χ3n) is 3.40. The molecule has 0 aromatic heterocycles. The summed E-state index contributed by atoms with van der Waals surface area (Å²) in [7, 11) is 0. The van der Waals surface area contributed by atoms with Gasteiger partial charge in [0.05, 0.1) is 0 Å². The lowest BCUT2D eigenvalue weighted by Gasteiger charge is -2.20. The third-order valence-corrected chi connectivity index (χ3v) is 3.40. The zero-order valence-electron chi connectivity index (χ0n) is 12.7. The summed E-state index contributed by atoms with van der Waals surface area (Å²) in [6.45, 7) is 4.60. The SMILES string of the molecule is CC(c1ccccc1)C(C)c1ccccc1.N=C=O.N=C=O. The molecule has 0 aliphatic carbocycles. The minimum Gasteiger partial charge on any atom is -0.222 e. The number of hydrogen-bond donors (Lipinski definition) is 2. The second kappa shape index (κ2) is 12.0. The Morgan fingerprint density at radius 3 is 1.14 bits per heavy atom. The van der Waals surface area contributed by atoms with E-state index in [9.17, 15) is 0 Å². The highest BCUT2D eigenvalue weighted by molar-refractivity contribution is 5.27. The maximum Gasteiger partial charge on any atom is 0.231 e. The minimum atomic E-state index is 0.559. The number of carbonyl (C=O) groups excluding carboxylic acids is 2. The average molecular weight is 296 g/mol. The zero-order valence-corrected chi connectivity index (χ0v) is 12.7. The van der Waals surface area contributed by atoms with Crippen LogP contribution in [-0.2, 0) is 9.59 Å². The lowest BCUT2D eigenvalue weighted by atomic mass is 9.84. The maximum absolute atomic E-state index is 8.35. The van der Waals surface area contributed by atoms with E-state index in [0.717, 1.165) is 12.2 Å². The van der Waals surface area contributed by atoms with Crippen molar-refractivity contribution < 1.29 is 9.59 Å². The van der Waals surface area contributed by atoms with Crippen molar-refractivity contribution in [2.75, 3.05) is 0 Å². The fourth-order valence-corrected chi connectivity index (χ4v) is 2.09. The van der Waals surface area contributed by atoms with Gasteiger partial charge >= 0.3 is 0 Å². The van der Waals surface area contributed by atoms with Gasteiger partial charge in [0.2, 0.25) is 12.2 Å². The second-order valence-electron chi connectivity index (χ2n) is 4.60. The molecule has 0 heterocycles. The summed E-state index contributed by atoms with van der Waals surface area (Å²) in [4.78, 5) is 16.7. The molecule has 2 atom stereocenters. The van der Waals surface area contributed by atoms with Gasteiger partial charge in [-0.2, -0.15) is 0 Å². The van der Waals surface area contributed by atoms with Gasteiger partial charge in [-0.3, -0.25) is 0 Å². The van der Waals surface area contributed by atoms with Gasteiger partial charge < -0.3 is 0 Å². The molecule has 2 aromatic rings. The Labute approximate surface area is 130 Å². The van der Waals surface area contributed by atoms with Crippen molar-refractivity contribution in [2.45, 2.75) is 25.7 Å². The Balaban J connectivity index is 0.000000639. The van der Waals surface area contributed by atoms with Crippen LogP contribution in [0, 0.1) is 10.8 Å². The first-order valence-corrected chi connectivity index (χ1v) is 6.79. The summed E-state index contributed by atoms with van der Waals surface area (Å²) < 4.78 is 0. The van der Waals surface area contributed by atoms with Crippen molar-refractivity contribution in [1.29, 1.82) is 10.8 Å². The van der Waals surface area contributed by atoms with Crippen LogP contribution in [0.1, 0.15) is 36.8 Å². The molecule has 0 spiro atoms. The van der Waals surface area contributed by atoms with Gasteiger partial charge in [-0.15, -0.1) is 0 Å². The first-order valence-electron chi connectivity index (χ1n) is 6.79. The van der Waals surface area contributed by atoms with E-state index in [1.165, 1.54) is 11.1 Å². The van der Waals surface area contributed by atoms with Gasteiger partial charge in [-0.05, 0) is 23.0 Å². The first-order chi connectivity index (χ1) is 10.6. The van der Waals surface area contributed by atoms with Crippen LogP contribution in [0.25, 0.3) is 0 Å². The van der Waals surface area contributed by atoms with Gasteiger partial charge in [0, 0.05) is 0 Å². The van der Waals surface area contributed by atoms with Crippen LogP contribution in [0.2, 0.25) is 0 Å². The van der Waals surface area contributed by atoms with Crippen LogP contribution in [0.5, 0.6) is 0 Å².